The minimum absolute atomic E-state index is 0.295. The van der Waals surface area contributed by atoms with Crippen molar-refractivity contribution in [3.8, 4) is 17.1 Å². The van der Waals surface area contributed by atoms with Gasteiger partial charge in [0, 0.05) is 5.56 Å². The zero-order valence-corrected chi connectivity index (χ0v) is 12.5. The lowest BCUT2D eigenvalue weighted by Gasteiger charge is -2.03. The van der Waals surface area contributed by atoms with Gasteiger partial charge in [-0.3, -0.25) is 0 Å². The average molecular weight is 328 g/mol. The number of carboxylic acids is 1. The third-order valence-corrected chi connectivity index (χ3v) is 3.16. The summed E-state index contributed by atoms with van der Waals surface area (Å²) in [4.78, 5) is 11.9. The number of hydrogen-bond donors (Lipinski definition) is 1. The molecule has 0 fully saturated rings. The van der Waals surface area contributed by atoms with Crippen LogP contribution in [0.15, 0.2) is 48.5 Å². The van der Waals surface area contributed by atoms with Gasteiger partial charge in [-0.15, -0.1) is 10.2 Å². The molecule has 0 amide bonds. The van der Waals surface area contributed by atoms with E-state index in [9.17, 15) is 9.18 Å². The molecule has 3 rings (SSSR count). The quantitative estimate of drug-likeness (QED) is 0.744. The summed E-state index contributed by atoms with van der Waals surface area (Å²) in [5, 5.41) is 20.8. The number of halogens is 1. The van der Waals surface area contributed by atoms with Gasteiger partial charge in [0.25, 0.3) is 0 Å². The van der Waals surface area contributed by atoms with Crippen LogP contribution in [0.1, 0.15) is 5.56 Å². The van der Waals surface area contributed by atoms with Gasteiger partial charge in [-0.2, -0.15) is 4.80 Å². The zero-order chi connectivity index (χ0) is 16.9. The SMILES string of the molecule is O=C(O)COc1ccc(-c2nnn(Cc3ccc(F)cc3)n2)cc1. The van der Waals surface area contributed by atoms with Crippen molar-refractivity contribution in [2.75, 3.05) is 6.61 Å². The number of carbonyl (C=O) groups is 1. The van der Waals surface area contributed by atoms with Crippen LogP contribution < -0.4 is 4.74 Å². The summed E-state index contributed by atoms with van der Waals surface area (Å²) >= 11 is 0. The summed E-state index contributed by atoms with van der Waals surface area (Å²) < 4.78 is 17.9. The maximum Gasteiger partial charge on any atom is 0.341 e. The maximum atomic E-state index is 12.9. The van der Waals surface area contributed by atoms with Crippen LogP contribution in [0.4, 0.5) is 4.39 Å². The molecular formula is C16H13FN4O3. The summed E-state index contributed by atoms with van der Waals surface area (Å²) in [5.74, 6) is -0.456. The molecule has 0 saturated heterocycles. The highest BCUT2D eigenvalue weighted by molar-refractivity contribution is 5.68. The minimum atomic E-state index is -1.04. The Labute approximate surface area is 136 Å². The first-order valence-corrected chi connectivity index (χ1v) is 7.07. The number of ether oxygens (including phenoxy) is 1. The predicted octanol–water partition coefficient (Wildman–Crippen LogP) is 1.99. The summed E-state index contributed by atoms with van der Waals surface area (Å²) in [5.41, 5.74) is 1.58. The molecule has 8 heteroatoms. The molecular weight excluding hydrogens is 315 g/mol. The molecule has 0 saturated carbocycles. The van der Waals surface area contributed by atoms with Crippen LogP contribution in [0, 0.1) is 5.82 Å². The summed E-state index contributed by atoms with van der Waals surface area (Å²) in [6, 6.07) is 12.8. The third kappa shape index (κ3) is 3.92. The number of aromatic nitrogens is 4. The van der Waals surface area contributed by atoms with Crippen LogP contribution in [0.25, 0.3) is 11.4 Å². The highest BCUT2D eigenvalue weighted by Gasteiger charge is 2.07. The largest absolute Gasteiger partial charge is 0.482 e. The highest BCUT2D eigenvalue weighted by atomic mass is 19.1. The summed E-state index contributed by atoms with van der Waals surface area (Å²) in [7, 11) is 0. The van der Waals surface area contributed by atoms with Crippen LogP contribution >= 0.6 is 0 Å². The Kier molecular flexibility index (Phi) is 4.46. The predicted molar refractivity (Wildman–Crippen MR) is 81.9 cm³/mol. The lowest BCUT2D eigenvalue weighted by molar-refractivity contribution is -0.139. The van der Waals surface area contributed by atoms with Crippen molar-refractivity contribution in [2.45, 2.75) is 6.54 Å². The topological polar surface area (TPSA) is 90.1 Å². The van der Waals surface area contributed by atoms with Crippen LogP contribution in [-0.2, 0) is 11.3 Å². The number of tetrazole rings is 1. The average Bonchev–Trinajstić information content (AvgIpc) is 3.04. The Bertz CT molecular complexity index is 831. The number of hydrogen-bond acceptors (Lipinski definition) is 5. The van der Waals surface area contributed by atoms with Crippen LogP contribution in [-0.4, -0.2) is 37.9 Å². The molecule has 1 aromatic heterocycles. The van der Waals surface area contributed by atoms with E-state index >= 15 is 0 Å². The minimum Gasteiger partial charge on any atom is -0.482 e. The van der Waals surface area contributed by atoms with E-state index in [2.05, 4.69) is 15.4 Å². The summed E-state index contributed by atoms with van der Waals surface area (Å²) in [6.07, 6.45) is 0. The van der Waals surface area contributed by atoms with E-state index in [0.717, 1.165) is 11.1 Å². The second-order valence-corrected chi connectivity index (χ2v) is 4.98. The monoisotopic (exact) mass is 328 g/mol. The van der Waals surface area contributed by atoms with Gasteiger partial charge >= 0.3 is 5.97 Å². The molecule has 0 spiro atoms. The van der Waals surface area contributed by atoms with E-state index in [1.165, 1.54) is 16.9 Å². The third-order valence-electron chi connectivity index (χ3n) is 3.16. The number of nitrogens with zero attached hydrogens (tertiary/aromatic N) is 4. The van der Waals surface area contributed by atoms with Crippen molar-refractivity contribution < 1.29 is 19.0 Å². The van der Waals surface area contributed by atoms with Gasteiger partial charge in [0.05, 0.1) is 6.54 Å². The van der Waals surface area contributed by atoms with E-state index < -0.39 is 12.6 Å². The molecule has 0 bridgehead atoms. The standard InChI is InChI=1S/C16H13FN4O3/c17-13-5-1-11(2-6-13)9-21-19-16(18-20-21)12-3-7-14(8-4-12)24-10-15(22)23/h1-8H,9-10H2,(H,22,23). The molecule has 2 aromatic carbocycles. The van der Waals surface area contributed by atoms with Crippen molar-refractivity contribution in [1.29, 1.82) is 0 Å². The van der Waals surface area contributed by atoms with Gasteiger partial charge < -0.3 is 9.84 Å². The smallest absolute Gasteiger partial charge is 0.341 e. The maximum absolute atomic E-state index is 12.9. The van der Waals surface area contributed by atoms with Crippen LogP contribution in [0.3, 0.4) is 0 Å². The molecule has 122 valence electrons. The number of carboxylic acid groups (broad SMARTS) is 1. The first kappa shape index (κ1) is 15.6. The van der Waals surface area contributed by atoms with Gasteiger partial charge in [-0.1, -0.05) is 12.1 Å². The van der Waals surface area contributed by atoms with Gasteiger partial charge in [0.15, 0.2) is 6.61 Å². The molecule has 7 nitrogen and oxygen atoms in total. The van der Waals surface area contributed by atoms with Crippen LogP contribution in [0.5, 0.6) is 5.75 Å². The first-order chi connectivity index (χ1) is 11.6. The molecule has 0 radical (unpaired) electrons. The zero-order valence-electron chi connectivity index (χ0n) is 12.5. The molecule has 1 N–H and O–H groups in total. The van der Waals surface area contributed by atoms with Crippen molar-refractivity contribution in [1.82, 2.24) is 20.2 Å². The number of aliphatic carboxylic acids is 1. The highest BCUT2D eigenvalue weighted by Crippen LogP contribution is 2.18. The molecule has 0 unspecified atom stereocenters. The van der Waals surface area contributed by atoms with Gasteiger partial charge in [0.1, 0.15) is 11.6 Å². The summed E-state index contributed by atoms with van der Waals surface area (Å²) in [6.45, 7) is -0.0153. The van der Waals surface area contributed by atoms with E-state index in [4.69, 9.17) is 9.84 Å². The van der Waals surface area contributed by atoms with Crippen molar-refractivity contribution in [3.63, 3.8) is 0 Å². The Morgan fingerprint density at radius 3 is 2.50 bits per heavy atom. The Morgan fingerprint density at radius 2 is 1.83 bits per heavy atom. The second kappa shape index (κ2) is 6.86. The van der Waals surface area contributed by atoms with Crippen molar-refractivity contribution in [2.24, 2.45) is 0 Å². The Morgan fingerprint density at radius 1 is 1.12 bits per heavy atom. The number of rotatable bonds is 6. The fraction of sp³-hybridized carbons (Fsp3) is 0.125. The molecule has 0 aliphatic carbocycles. The lowest BCUT2D eigenvalue weighted by atomic mass is 10.2. The molecule has 0 aliphatic rings. The van der Waals surface area contributed by atoms with E-state index in [1.54, 1.807) is 36.4 Å². The van der Waals surface area contributed by atoms with Crippen molar-refractivity contribution >= 4 is 5.97 Å². The Balaban J connectivity index is 1.68. The van der Waals surface area contributed by atoms with E-state index in [1.807, 2.05) is 0 Å². The number of benzene rings is 2. The fourth-order valence-corrected chi connectivity index (χ4v) is 2.02. The molecule has 0 aliphatic heterocycles. The molecule has 3 aromatic rings. The van der Waals surface area contributed by atoms with E-state index in [-0.39, 0.29) is 5.82 Å². The fourth-order valence-electron chi connectivity index (χ4n) is 2.02. The van der Waals surface area contributed by atoms with Gasteiger partial charge in [-0.05, 0) is 47.2 Å². The molecule has 24 heavy (non-hydrogen) atoms. The van der Waals surface area contributed by atoms with Gasteiger partial charge in [0.2, 0.25) is 5.82 Å². The van der Waals surface area contributed by atoms with Gasteiger partial charge in [-0.25, -0.2) is 9.18 Å². The Hall–Kier alpha value is -3.29. The van der Waals surface area contributed by atoms with Crippen LogP contribution in [0.2, 0.25) is 0 Å². The molecule has 1 heterocycles. The van der Waals surface area contributed by atoms with Crippen molar-refractivity contribution in [3.05, 3.63) is 59.9 Å². The normalized spacial score (nSPS) is 10.5. The van der Waals surface area contributed by atoms with E-state index in [0.29, 0.717) is 18.1 Å². The lowest BCUT2D eigenvalue weighted by Crippen LogP contribution is -2.09. The second-order valence-electron chi connectivity index (χ2n) is 4.98. The molecule has 0 atom stereocenters. The first-order valence-electron chi connectivity index (χ1n) is 7.07.